The van der Waals surface area contributed by atoms with Gasteiger partial charge in [0.05, 0.1) is 33.3 Å². The second-order valence-corrected chi connectivity index (χ2v) is 10.0. The van der Waals surface area contributed by atoms with Gasteiger partial charge in [0, 0.05) is 6.07 Å². The van der Waals surface area contributed by atoms with E-state index in [0.29, 0.717) is 18.1 Å². The molecule has 7 nitrogen and oxygen atoms in total. The molecule has 4 rings (SSSR count). The molecule has 31 heavy (non-hydrogen) atoms. The third-order valence-electron chi connectivity index (χ3n) is 5.70. The first-order chi connectivity index (χ1) is 14.8. The molecule has 2 aromatic rings. The number of hydrogen-bond acceptors (Lipinski definition) is 5. The molecule has 0 saturated heterocycles. The van der Waals surface area contributed by atoms with Gasteiger partial charge in [-0.25, -0.2) is 13.2 Å². The average Bonchev–Trinajstić information content (AvgIpc) is 3.53. The molecule has 162 valence electrons. The number of hydrogen-bond donors (Lipinski definition) is 2. The summed E-state index contributed by atoms with van der Waals surface area (Å²) in [6.45, 7) is 0.429. The van der Waals surface area contributed by atoms with E-state index in [1.807, 2.05) is 6.07 Å². The predicted molar refractivity (Wildman–Crippen MR) is 115 cm³/mol. The van der Waals surface area contributed by atoms with E-state index in [1.54, 1.807) is 6.07 Å². The van der Waals surface area contributed by atoms with Gasteiger partial charge in [0.25, 0.3) is 10.0 Å². The largest absolute Gasteiger partial charge is 0.491 e. The molecule has 0 heterocycles. The van der Waals surface area contributed by atoms with E-state index in [2.05, 4.69) is 4.72 Å². The zero-order valence-corrected chi connectivity index (χ0v) is 18.2. The molecular weight excluding hydrogens is 440 g/mol. The summed E-state index contributed by atoms with van der Waals surface area (Å²) in [5, 5.41) is 18.8. The normalized spacial score (nSPS) is 16.3. The standard InChI is InChI=1S/C22H21ClN2O5S/c23-18-10-20(30-12-13-2-1-3-13)19(8-16(18)11-24)25-31(28,29)21-9-15(22(26)27)6-7-17(21)14-4-5-14/h6-10,13-14,25H,1-5,12H2,(H,26,27). The van der Waals surface area contributed by atoms with Crippen LogP contribution in [-0.4, -0.2) is 26.1 Å². The lowest BCUT2D eigenvalue weighted by molar-refractivity contribution is 0.0696. The molecule has 2 fully saturated rings. The van der Waals surface area contributed by atoms with Crippen molar-refractivity contribution in [2.45, 2.75) is 42.9 Å². The van der Waals surface area contributed by atoms with Crippen molar-refractivity contribution in [3.63, 3.8) is 0 Å². The Morgan fingerprint density at radius 1 is 1.23 bits per heavy atom. The fourth-order valence-electron chi connectivity index (χ4n) is 3.54. The van der Waals surface area contributed by atoms with E-state index in [0.717, 1.165) is 32.1 Å². The minimum atomic E-state index is -4.14. The number of ether oxygens (including phenoxy) is 1. The number of carboxylic acids is 1. The third kappa shape index (κ3) is 4.63. The van der Waals surface area contributed by atoms with Crippen LogP contribution in [0.5, 0.6) is 5.75 Å². The van der Waals surface area contributed by atoms with Crippen molar-refractivity contribution >= 4 is 33.3 Å². The molecular formula is C22H21ClN2O5S. The lowest BCUT2D eigenvalue weighted by Gasteiger charge is -2.26. The minimum absolute atomic E-state index is 0.0756. The van der Waals surface area contributed by atoms with Gasteiger partial charge in [0.1, 0.15) is 11.8 Å². The van der Waals surface area contributed by atoms with Crippen LogP contribution in [0.4, 0.5) is 5.69 Å². The van der Waals surface area contributed by atoms with Crippen molar-refractivity contribution in [1.82, 2.24) is 0 Å². The Hall–Kier alpha value is -2.76. The van der Waals surface area contributed by atoms with E-state index >= 15 is 0 Å². The SMILES string of the molecule is N#Cc1cc(NS(=O)(=O)c2cc(C(=O)O)ccc2C2CC2)c(OCC2CCC2)cc1Cl. The van der Waals surface area contributed by atoms with E-state index in [-0.39, 0.29) is 38.4 Å². The number of nitrogens with zero attached hydrogens (tertiary/aromatic N) is 1. The zero-order valence-electron chi connectivity index (χ0n) is 16.6. The van der Waals surface area contributed by atoms with Gasteiger partial charge in [-0.3, -0.25) is 4.72 Å². The number of rotatable bonds is 8. The first-order valence-corrected chi connectivity index (χ1v) is 11.9. The van der Waals surface area contributed by atoms with Crippen LogP contribution in [0.25, 0.3) is 0 Å². The van der Waals surface area contributed by atoms with Crippen LogP contribution in [0.3, 0.4) is 0 Å². The summed E-state index contributed by atoms with van der Waals surface area (Å²) in [7, 11) is -4.14. The molecule has 0 spiro atoms. The molecule has 0 amide bonds. The summed E-state index contributed by atoms with van der Waals surface area (Å²) in [4.78, 5) is 11.3. The number of carbonyl (C=O) groups is 1. The molecule has 9 heteroatoms. The van der Waals surface area contributed by atoms with E-state index in [9.17, 15) is 23.6 Å². The second-order valence-electron chi connectivity index (χ2n) is 7.99. The maximum absolute atomic E-state index is 13.3. The number of nitrogens with one attached hydrogen (secondary N) is 1. The Labute approximate surface area is 185 Å². The van der Waals surface area contributed by atoms with Crippen molar-refractivity contribution in [1.29, 1.82) is 5.26 Å². The summed E-state index contributed by atoms with van der Waals surface area (Å²) in [5.41, 5.74) is 0.684. The van der Waals surface area contributed by atoms with Crippen LogP contribution in [0.15, 0.2) is 35.2 Å². The van der Waals surface area contributed by atoms with Crippen molar-refractivity contribution < 1.29 is 23.1 Å². The first-order valence-electron chi connectivity index (χ1n) is 10.0. The smallest absolute Gasteiger partial charge is 0.335 e. The molecule has 2 saturated carbocycles. The number of aromatic carboxylic acids is 1. The van der Waals surface area contributed by atoms with Crippen LogP contribution in [0.2, 0.25) is 5.02 Å². The van der Waals surface area contributed by atoms with Crippen LogP contribution >= 0.6 is 11.6 Å². The molecule has 2 aromatic carbocycles. The van der Waals surface area contributed by atoms with Crippen LogP contribution in [-0.2, 0) is 10.0 Å². The molecule has 0 radical (unpaired) electrons. The van der Waals surface area contributed by atoms with E-state index in [4.69, 9.17) is 16.3 Å². The van der Waals surface area contributed by atoms with Crippen LogP contribution < -0.4 is 9.46 Å². The Bertz CT molecular complexity index is 1180. The van der Waals surface area contributed by atoms with Gasteiger partial charge in [0.15, 0.2) is 0 Å². The van der Waals surface area contributed by atoms with E-state index in [1.165, 1.54) is 24.3 Å². The summed E-state index contributed by atoms with van der Waals surface area (Å²) >= 11 is 6.14. The molecule has 0 bridgehead atoms. The summed E-state index contributed by atoms with van der Waals surface area (Å²) in [5.74, 6) is -0.473. The second kappa shape index (κ2) is 8.40. The molecule has 0 atom stereocenters. The maximum Gasteiger partial charge on any atom is 0.335 e. The number of sulfonamides is 1. The van der Waals surface area contributed by atoms with Gasteiger partial charge in [0.2, 0.25) is 0 Å². The van der Waals surface area contributed by atoms with Crippen molar-refractivity contribution in [2.24, 2.45) is 5.92 Å². The Balaban J connectivity index is 1.71. The molecule has 0 aliphatic heterocycles. The highest BCUT2D eigenvalue weighted by Crippen LogP contribution is 2.44. The Kier molecular flexibility index (Phi) is 5.82. The van der Waals surface area contributed by atoms with Gasteiger partial charge < -0.3 is 9.84 Å². The minimum Gasteiger partial charge on any atom is -0.491 e. The number of nitriles is 1. The number of benzene rings is 2. The zero-order chi connectivity index (χ0) is 22.2. The fourth-order valence-corrected chi connectivity index (χ4v) is 5.12. The molecule has 2 aliphatic carbocycles. The lowest BCUT2D eigenvalue weighted by atomic mass is 9.86. The van der Waals surface area contributed by atoms with Gasteiger partial charge in [-0.2, -0.15) is 5.26 Å². The summed E-state index contributed by atoms with van der Waals surface area (Å²) < 4.78 is 34.9. The highest BCUT2D eigenvalue weighted by atomic mass is 35.5. The van der Waals surface area contributed by atoms with Crippen molar-refractivity contribution in [2.75, 3.05) is 11.3 Å². The van der Waals surface area contributed by atoms with Crippen LogP contribution in [0, 0.1) is 17.2 Å². The average molecular weight is 461 g/mol. The van der Waals surface area contributed by atoms with Gasteiger partial charge >= 0.3 is 5.97 Å². The van der Waals surface area contributed by atoms with Crippen LogP contribution in [0.1, 0.15) is 59.5 Å². The molecule has 0 aromatic heterocycles. The maximum atomic E-state index is 13.3. The number of halogens is 1. The lowest BCUT2D eigenvalue weighted by Crippen LogP contribution is -2.21. The molecule has 0 unspecified atom stereocenters. The molecule has 2 aliphatic rings. The third-order valence-corrected chi connectivity index (χ3v) is 7.43. The van der Waals surface area contributed by atoms with Gasteiger partial charge in [-0.05, 0) is 61.3 Å². The van der Waals surface area contributed by atoms with Gasteiger partial charge in [-0.15, -0.1) is 0 Å². The summed E-state index contributed by atoms with van der Waals surface area (Å²) in [6, 6.07) is 8.87. The van der Waals surface area contributed by atoms with E-state index < -0.39 is 16.0 Å². The first kappa shape index (κ1) is 21.5. The monoisotopic (exact) mass is 460 g/mol. The molecule has 2 N–H and O–H groups in total. The number of carboxylic acid groups (broad SMARTS) is 1. The summed E-state index contributed by atoms with van der Waals surface area (Å²) in [6.07, 6.45) is 4.95. The van der Waals surface area contributed by atoms with Crippen molar-refractivity contribution in [3.8, 4) is 11.8 Å². The topological polar surface area (TPSA) is 116 Å². The Morgan fingerprint density at radius 3 is 2.55 bits per heavy atom. The highest BCUT2D eigenvalue weighted by molar-refractivity contribution is 7.92. The van der Waals surface area contributed by atoms with Gasteiger partial charge in [-0.1, -0.05) is 24.1 Å². The Morgan fingerprint density at radius 2 is 1.97 bits per heavy atom. The van der Waals surface area contributed by atoms with Crippen molar-refractivity contribution in [3.05, 3.63) is 52.0 Å². The number of anilines is 1. The predicted octanol–water partition coefficient (Wildman–Crippen LogP) is 4.77. The fraction of sp³-hybridized carbons (Fsp3) is 0.364. The highest BCUT2D eigenvalue weighted by Gasteiger charge is 2.32. The quantitative estimate of drug-likeness (QED) is 0.586.